The van der Waals surface area contributed by atoms with Crippen molar-refractivity contribution < 1.29 is 20.4 Å². The van der Waals surface area contributed by atoms with E-state index in [0.717, 1.165) is 22.3 Å². The van der Waals surface area contributed by atoms with Crippen LogP contribution in [0.2, 0.25) is 0 Å². The molecule has 4 N–H and O–H groups in total. The molecule has 0 aromatic heterocycles. The Morgan fingerprint density at radius 1 is 0.353 bits per heavy atom. The van der Waals surface area contributed by atoms with E-state index in [2.05, 4.69) is 0 Å². The summed E-state index contributed by atoms with van der Waals surface area (Å²) in [6, 6.07) is 29.3. The third-order valence-corrected chi connectivity index (χ3v) is 7.64. The van der Waals surface area contributed by atoms with Crippen LogP contribution in [0.1, 0.15) is 47.9 Å². The van der Waals surface area contributed by atoms with Gasteiger partial charge in [-0.3, -0.25) is 0 Å². The molecule has 0 aliphatic heterocycles. The van der Waals surface area contributed by atoms with E-state index in [0.29, 0.717) is 25.7 Å². The predicted octanol–water partition coefficient (Wildman–Crippen LogP) is 6.36. The van der Waals surface area contributed by atoms with Crippen molar-refractivity contribution in [2.45, 2.75) is 36.5 Å². The largest absolute Gasteiger partial charge is 0.508 e. The third kappa shape index (κ3) is 3.38. The molecule has 0 saturated heterocycles. The van der Waals surface area contributed by atoms with Crippen LogP contribution in [0, 0.1) is 0 Å². The standard InChI is InChI=1S/C30H28O4/c31-25-13-5-1-9-21(25)29(22-10-2-6-14-26(22)32)17-19-30(20-18-29,23-11-3-7-15-27(23)33)24-12-4-8-16-28(24)34/h1-16,31-34H,17-20H2. The molecule has 0 spiro atoms. The highest BCUT2D eigenvalue weighted by Crippen LogP contribution is 2.58. The summed E-state index contributed by atoms with van der Waals surface area (Å²) in [5.74, 6) is 0.790. The molecule has 34 heavy (non-hydrogen) atoms. The van der Waals surface area contributed by atoms with Crippen molar-refractivity contribution in [2.24, 2.45) is 0 Å². The second-order valence-electron chi connectivity index (χ2n) is 9.23. The van der Waals surface area contributed by atoms with Gasteiger partial charge in [0.15, 0.2) is 0 Å². The molecule has 4 heteroatoms. The van der Waals surface area contributed by atoms with Crippen molar-refractivity contribution in [3.05, 3.63) is 119 Å². The topological polar surface area (TPSA) is 80.9 Å². The maximum Gasteiger partial charge on any atom is 0.119 e. The third-order valence-electron chi connectivity index (χ3n) is 7.64. The number of hydrogen-bond donors (Lipinski definition) is 4. The van der Waals surface area contributed by atoms with Crippen LogP contribution in [0.3, 0.4) is 0 Å². The van der Waals surface area contributed by atoms with E-state index in [4.69, 9.17) is 0 Å². The van der Waals surface area contributed by atoms with E-state index < -0.39 is 10.8 Å². The molecular formula is C30H28O4. The summed E-state index contributed by atoms with van der Waals surface area (Å²) in [6.45, 7) is 0. The fourth-order valence-corrected chi connectivity index (χ4v) is 5.98. The fourth-order valence-electron chi connectivity index (χ4n) is 5.98. The molecule has 0 amide bonds. The molecule has 1 fully saturated rings. The molecule has 4 nitrogen and oxygen atoms in total. The monoisotopic (exact) mass is 452 g/mol. The Morgan fingerprint density at radius 3 is 0.765 bits per heavy atom. The quantitative estimate of drug-likeness (QED) is 0.291. The van der Waals surface area contributed by atoms with Crippen molar-refractivity contribution >= 4 is 0 Å². The predicted molar refractivity (Wildman–Crippen MR) is 132 cm³/mol. The number of phenols is 4. The average molecular weight is 453 g/mol. The van der Waals surface area contributed by atoms with Crippen molar-refractivity contribution in [1.82, 2.24) is 0 Å². The van der Waals surface area contributed by atoms with Crippen LogP contribution >= 0.6 is 0 Å². The van der Waals surface area contributed by atoms with Crippen LogP contribution < -0.4 is 0 Å². The number of hydrogen-bond acceptors (Lipinski definition) is 4. The first-order valence-electron chi connectivity index (χ1n) is 11.6. The van der Waals surface area contributed by atoms with Crippen molar-refractivity contribution in [3.63, 3.8) is 0 Å². The van der Waals surface area contributed by atoms with Gasteiger partial charge >= 0.3 is 0 Å². The molecule has 1 aliphatic carbocycles. The average Bonchev–Trinajstić information content (AvgIpc) is 2.86. The van der Waals surface area contributed by atoms with E-state index in [1.54, 1.807) is 48.5 Å². The minimum atomic E-state index is -0.616. The maximum atomic E-state index is 10.9. The van der Waals surface area contributed by atoms with Gasteiger partial charge < -0.3 is 20.4 Å². The minimum Gasteiger partial charge on any atom is -0.508 e. The molecule has 5 rings (SSSR count). The molecule has 4 aromatic carbocycles. The molecule has 0 atom stereocenters. The zero-order valence-corrected chi connectivity index (χ0v) is 18.9. The summed E-state index contributed by atoms with van der Waals surface area (Å²) in [6.07, 6.45) is 2.41. The molecule has 0 unspecified atom stereocenters. The van der Waals surface area contributed by atoms with Gasteiger partial charge in [0, 0.05) is 33.1 Å². The van der Waals surface area contributed by atoms with E-state index >= 15 is 0 Å². The van der Waals surface area contributed by atoms with E-state index in [1.807, 2.05) is 48.5 Å². The highest BCUT2D eigenvalue weighted by molar-refractivity contribution is 5.56. The fraction of sp³-hybridized carbons (Fsp3) is 0.200. The highest BCUT2D eigenvalue weighted by atomic mass is 16.3. The zero-order chi connectivity index (χ0) is 23.8. The Bertz CT molecular complexity index is 1120. The number of benzene rings is 4. The molecule has 1 saturated carbocycles. The molecule has 0 radical (unpaired) electrons. The number of aromatic hydroxyl groups is 4. The lowest BCUT2D eigenvalue weighted by atomic mass is 9.55. The highest BCUT2D eigenvalue weighted by Gasteiger charge is 2.49. The lowest BCUT2D eigenvalue weighted by molar-refractivity contribution is 0.239. The van der Waals surface area contributed by atoms with Crippen LogP contribution in [0.4, 0.5) is 0 Å². The first-order chi connectivity index (χ1) is 16.5. The van der Waals surface area contributed by atoms with Gasteiger partial charge in [0.25, 0.3) is 0 Å². The van der Waals surface area contributed by atoms with Gasteiger partial charge in [0.2, 0.25) is 0 Å². The molecule has 4 aromatic rings. The summed E-state index contributed by atoms with van der Waals surface area (Å²) in [4.78, 5) is 0. The van der Waals surface area contributed by atoms with Crippen LogP contribution in [-0.4, -0.2) is 20.4 Å². The van der Waals surface area contributed by atoms with Gasteiger partial charge in [-0.2, -0.15) is 0 Å². The SMILES string of the molecule is Oc1ccccc1C1(c2ccccc2O)CCC(c2ccccc2O)(c2ccccc2O)CC1. The summed E-state index contributed by atoms with van der Waals surface area (Å²) in [5.41, 5.74) is 1.88. The Kier molecular flexibility index (Phi) is 5.45. The minimum absolute atomic E-state index is 0.198. The van der Waals surface area contributed by atoms with Crippen LogP contribution in [0.15, 0.2) is 97.1 Å². The van der Waals surface area contributed by atoms with Crippen LogP contribution in [-0.2, 0) is 10.8 Å². The first-order valence-corrected chi connectivity index (χ1v) is 11.6. The van der Waals surface area contributed by atoms with E-state index in [9.17, 15) is 20.4 Å². The van der Waals surface area contributed by atoms with Crippen LogP contribution in [0.25, 0.3) is 0 Å². The summed E-state index contributed by atoms with van der Waals surface area (Å²) in [7, 11) is 0. The molecule has 1 aliphatic rings. The van der Waals surface area contributed by atoms with Crippen molar-refractivity contribution in [2.75, 3.05) is 0 Å². The number of rotatable bonds is 4. The maximum absolute atomic E-state index is 10.9. The Morgan fingerprint density at radius 2 is 0.559 bits per heavy atom. The normalized spacial score (nSPS) is 16.7. The van der Waals surface area contributed by atoms with Gasteiger partial charge in [0.05, 0.1) is 0 Å². The molecule has 0 heterocycles. The molecular weight excluding hydrogens is 424 g/mol. The summed E-state index contributed by atoms with van der Waals surface area (Å²) < 4.78 is 0. The molecule has 172 valence electrons. The zero-order valence-electron chi connectivity index (χ0n) is 18.9. The van der Waals surface area contributed by atoms with E-state index in [-0.39, 0.29) is 23.0 Å². The Hall–Kier alpha value is -3.92. The molecule has 0 bridgehead atoms. The van der Waals surface area contributed by atoms with Gasteiger partial charge in [-0.1, -0.05) is 72.8 Å². The first kappa shape index (κ1) is 21.9. The number of para-hydroxylation sites is 4. The van der Waals surface area contributed by atoms with Gasteiger partial charge in [0.1, 0.15) is 23.0 Å². The van der Waals surface area contributed by atoms with E-state index in [1.165, 1.54) is 0 Å². The summed E-state index contributed by atoms with van der Waals surface area (Å²) >= 11 is 0. The van der Waals surface area contributed by atoms with Crippen LogP contribution in [0.5, 0.6) is 23.0 Å². The van der Waals surface area contributed by atoms with Crippen molar-refractivity contribution in [3.8, 4) is 23.0 Å². The van der Waals surface area contributed by atoms with Gasteiger partial charge in [-0.05, 0) is 49.9 Å². The second-order valence-corrected chi connectivity index (χ2v) is 9.23. The number of phenolic OH excluding ortho intramolecular Hbond substituents is 4. The lowest BCUT2D eigenvalue weighted by Crippen LogP contribution is -2.41. The smallest absolute Gasteiger partial charge is 0.119 e. The Labute approximate surface area is 199 Å². The summed E-state index contributed by atoms with van der Waals surface area (Å²) in [5, 5.41) is 43.5. The van der Waals surface area contributed by atoms with Gasteiger partial charge in [-0.15, -0.1) is 0 Å². The Balaban J connectivity index is 1.69. The van der Waals surface area contributed by atoms with Gasteiger partial charge in [-0.25, -0.2) is 0 Å². The van der Waals surface area contributed by atoms with Crippen molar-refractivity contribution in [1.29, 1.82) is 0 Å². The second kappa shape index (κ2) is 8.45. The lowest BCUT2D eigenvalue weighted by Gasteiger charge is -2.48.